The normalized spacial score (nSPS) is 21.9. The topological polar surface area (TPSA) is 86.8 Å². The lowest BCUT2D eigenvalue weighted by atomic mass is 9.92. The molecule has 0 saturated carbocycles. The number of nitrogens with zero attached hydrogens (tertiary/aromatic N) is 2. The highest BCUT2D eigenvalue weighted by Crippen LogP contribution is 2.21. The molecule has 1 aromatic rings. The highest BCUT2D eigenvalue weighted by Gasteiger charge is 2.24. The van der Waals surface area contributed by atoms with Crippen LogP contribution in [0.1, 0.15) is 34.1 Å². The zero-order valence-corrected chi connectivity index (χ0v) is 18.9. The molecule has 0 aliphatic carbocycles. The predicted molar refractivity (Wildman–Crippen MR) is 111 cm³/mol. The quantitative estimate of drug-likeness (QED) is 0.646. The number of hydrogen-bond acceptors (Lipinski definition) is 5. The van der Waals surface area contributed by atoms with E-state index in [1.165, 1.54) is 35.0 Å². The summed E-state index contributed by atoms with van der Waals surface area (Å²) in [7, 11) is -7.26. The summed E-state index contributed by atoms with van der Waals surface area (Å²) in [4.78, 5) is 2.47. The summed E-state index contributed by atoms with van der Waals surface area (Å²) in [6.45, 7) is 11.7. The molecule has 160 valence electrons. The van der Waals surface area contributed by atoms with Crippen LogP contribution >= 0.6 is 0 Å². The molecule has 1 aromatic carbocycles. The van der Waals surface area contributed by atoms with Gasteiger partial charge >= 0.3 is 0 Å². The minimum absolute atomic E-state index is 0.0753. The van der Waals surface area contributed by atoms with Crippen LogP contribution in [-0.2, 0) is 20.0 Å². The molecule has 0 amide bonds. The zero-order valence-electron chi connectivity index (χ0n) is 17.3. The van der Waals surface area contributed by atoms with Crippen molar-refractivity contribution < 1.29 is 16.8 Å². The van der Waals surface area contributed by atoms with Gasteiger partial charge in [0.05, 0.1) is 9.79 Å². The van der Waals surface area contributed by atoms with Crippen LogP contribution in [0.25, 0.3) is 0 Å². The van der Waals surface area contributed by atoms with E-state index in [1.54, 1.807) is 13.8 Å². The molecule has 1 N–H and O–H groups in total. The van der Waals surface area contributed by atoms with E-state index in [1.807, 2.05) is 0 Å². The largest absolute Gasteiger partial charge is 0.302 e. The third kappa shape index (κ3) is 5.76. The Bertz CT molecular complexity index is 824. The Morgan fingerprint density at radius 2 is 1.46 bits per heavy atom. The van der Waals surface area contributed by atoms with Crippen molar-refractivity contribution in [2.75, 3.05) is 39.3 Å². The monoisotopic (exact) mass is 431 g/mol. The van der Waals surface area contributed by atoms with Crippen LogP contribution in [0.3, 0.4) is 0 Å². The first kappa shape index (κ1) is 23.3. The fourth-order valence-corrected chi connectivity index (χ4v) is 6.38. The molecule has 1 heterocycles. The van der Waals surface area contributed by atoms with Crippen molar-refractivity contribution >= 4 is 20.0 Å². The first-order valence-corrected chi connectivity index (χ1v) is 12.8. The molecular weight excluding hydrogens is 398 g/mol. The van der Waals surface area contributed by atoms with Crippen molar-refractivity contribution in [3.8, 4) is 0 Å². The van der Waals surface area contributed by atoms with Gasteiger partial charge in [0.2, 0.25) is 20.0 Å². The number of sulfonamides is 2. The summed E-state index contributed by atoms with van der Waals surface area (Å²) >= 11 is 0. The van der Waals surface area contributed by atoms with Crippen molar-refractivity contribution in [2.24, 2.45) is 11.8 Å². The Morgan fingerprint density at radius 1 is 0.964 bits per heavy atom. The van der Waals surface area contributed by atoms with Crippen molar-refractivity contribution in [2.45, 2.75) is 43.9 Å². The van der Waals surface area contributed by atoms with Gasteiger partial charge in [-0.3, -0.25) is 0 Å². The highest BCUT2D eigenvalue weighted by atomic mass is 32.2. The number of hydrogen-bond donors (Lipinski definition) is 1. The third-order valence-electron chi connectivity index (χ3n) is 5.14. The van der Waals surface area contributed by atoms with E-state index in [9.17, 15) is 16.8 Å². The fourth-order valence-electron chi connectivity index (χ4n) is 3.90. The van der Waals surface area contributed by atoms with Crippen LogP contribution in [0.5, 0.6) is 0 Å². The maximum atomic E-state index is 12.5. The Labute approximate surface area is 170 Å². The fraction of sp³-hybridized carbons (Fsp3) is 0.684. The summed E-state index contributed by atoms with van der Waals surface area (Å²) < 4.78 is 54.0. The van der Waals surface area contributed by atoms with E-state index in [2.05, 4.69) is 23.5 Å². The summed E-state index contributed by atoms with van der Waals surface area (Å²) in [5.41, 5.74) is 0. The number of nitrogens with one attached hydrogen (secondary N) is 1. The van der Waals surface area contributed by atoms with Crippen LogP contribution in [0.4, 0.5) is 0 Å². The Morgan fingerprint density at radius 3 is 1.96 bits per heavy atom. The molecule has 7 nitrogen and oxygen atoms in total. The molecule has 0 unspecified atom stereocenters. The minimum Gasteiger partial charge on any atom is -0.302 e. The first-order valence-electron chi connectivity index (χ1n) is 9.92. The Kier molecular flexibility index (Phi) is 8.04. The molecule has 0 bridgehead atoms. The van der Waals surface area contributed by atoms with E-state index in [0.717, 1.165) is 13.1 Å². The molecule has 2 atom stereocenters. The summed E-state index contributed by atoms with van der Waals surface area (Å²) in [6, 6.07) is 5.42. The van der Waals surface area contributed by atoms with Gasteiger partial charge in [-0.05, 0) is 42.5 Å². The zero-order chi connectivity index (χ0) is 20.9. The molecule has 1 fully saturated rings. The van der Waals surface area contributed by atoms with Gasteiger partial charge < -0.3 is 4.90 Å². The van der Waals surface area contributed by atoms with Gasteiger partial charge in [-0.25, -0.2) is 21.6 Å². The lowest BCUT2D eigenvalue weighted by Gasteiger charge is -2.34. The highest BCUT2D eigenvalue weighted by molar-refractivity contribution is 7.89. The van der Waals surface area contributed by atoms with Gasteiger partial charge in [0.15, 0.2) is 0 Å². The van der Waals surface area contributed by atoms with E-state index < -0.39 is 20.0 Å². The number of rotatable bonds is 9. The summed E-state index contributed by atoms with van der Waals surface area (Å²) in [5, 5.41) is 0. The van der Waals surface area contributed by atoms with Crippen LogP contribution < -0.4 is 4.72 Å². The minimum atomic E-state index is -3.67. The van der Waals surface area contributed by atoms with Crippen LogP contribution in [0.15, 0.2) is 34.1 Å². The predicted octanol–water partition coefficient (Wildman–Crippen LogP) is 1.97. The lowest BCUT2D eigenvalue weighted by molar-refractivity contribution is 0.143. The molecule has 28 heavy (non-hydrogen) atoms. The van der Waals surface area contributed by atoms with Gasteiger partial charge in [0, 0.05) is 39.3 Å². The molecule has 0 radical (unpaired) electrons. The average molecular weight is 432 g/mol. The van der Waals surface area contributed by atoms with E-state index >= 15 is 0 Å². The number of benzene rings is 1. The van der Waals surface area contributed by atoms with Gasteiger partial charge in [0.25, 0.3) is 0 Å². The standard InChI is InChI=1S/C19H33N3O4S2/c1-5-22(6-2)28(25,26)19-9-7-18(8-10-19)27(23,24)20-11-12-21-14-16(3)13-17(4)15-21/h7-10,16-17,20H,5-6,11-15H2,1-4H3/t16-,17-/m0/s1. The second-order valence-electron chi connectivity index (χ2n) is 7.66. The SMILES string of the molecule is CCN(CC)S(=O)(=O)c1ccc(S(=O)(=O)NCCN2C[C@@H](C)C[C@H](C)C2)cc1. The van der Waals surface area contributed by atoms with Crippen molar-refractivity contribution in [3.63, 3.8) is 0 Å². The Balaban J connectivity index is 2.00. The number of likely N-dealkylation sites (tertiary alicyclic amines) is 1. The van der Waals surface area contributed by atoms with Gasteiger partial charge in [-0.1, -0.05) is 27.7 Å². The molecular formula is C19H33N3O4S2. The maximum absolute atomic E-state index is 12.5. The molecule has 9 heteroatoms. The van der Waals surface area contributed by atoms with E-state index in [-0.39, 0.29) is 9.79 Å². The van der Waals surface area contributed by atoms with Crippen LogP contribution in [0.2, 0.25) is 0 Å². The average Bonchev–Trinajstić information content (AvgIpc) is 2.61. The molecule has 1 aliphatic rings. The van der Waals surface area contributed by atoms with E-state index in [0.29, 0.717) is 38.0 Å². The summed E-state index contributed by atoms with van der Waals surface area (Å²) in [6.07, 6.45) is 1.21. The third-order valence-corrected chi connectivity index (χ3v) is 8.68. The molecule has 0 spiro atoms. The van der Waals surface area contributed by atoms with Gasteiger partial charge in [-0.15, -0.1) is 0 Å². The van der Waals surface area contributed by atoms with Gasteiger partial charge in [0.1, 0.15) is 0 Å². The number of piperidine rings is 1. The second kappa shape index (κ2) is 9.67. The smallest absolute Gasteiger partial charge is 0.243 e. The van der Waals surface area contributed by atoms with Crippen LogP contribution in [0, 0.1) is 11.8 Å². The van der Waals surface area contributed by atoms with Gasteiger partial charge in [-0.2, -0.15) is 4.31 Å². The maximum Gasteiger partial charge on any atom is 0.243 e. The molecule has 1 aliphatic heterocycles. The van der Waals surface area contributed by atoms with Crippen LogP contribution in [-0.4, -0.2) is 65.3 Å². The molecule has 1 saturated heterocycles. The molecule has 0 aromatic heterocycles. The van der Waals surface area contributed by atoms with Crippen molar-refractivity contribution in [3.05, 3.63) is 24.3 Å². The Hall–Kier alpha value is -1.00. The molecule has 2 rings (SSSR count). The first-order chi connectivity index (χ1) is 13.1. The van der Waals surface area contributed by atoms with Crippen molar-refractivity contribution in [1.82, 2.24) is 13.9 Å². The van der Waals surface area contributed by atoms with E-state index in [4.69, 9.17) is 0 Å². The summed E-state index contributed by atoms with van der Waals surface area (Å²) in [5.74, 6) is 1.25. The second-order valence-corrected chi connectivity index (χ2v) is 11.4. The van der Waals surface area contributed by atoms with Crippen molar-refractivity contribution in [1.29, 1.82) is 0 Å². The lowest BCUT2D eigenvalue weighted by Crippen LogP contribution is -2.42.